The van der Waals surface area contributed by atoms with E-state index in [4.69, 9.17) is 5.26 Å². The minimum Gasteiger partial charge on any atom is -0.324 e. The monoisotopic (exact) mass is 326 g/mol. The summed E-state index contributed by atoms with van der Waals surface area (Å²) < 4.78 is 38.7. The van der Waals surface area contributed by atoms with Crippen LogP contribution in [0.15, 0.2) is 18.2 Å². The lowest BCUT2D eigenvalue weighted by atomic mass is 9.95. The predicted octanol–water partition coefficient (Wildman–Crippen LogP) is 1.34. The van der Waals surface area contributed by atoms with Gasteiger partial charge < -0.3 is 10.1 Å². The molecule has 1 amide bonds. The number of alkyl halides is 3. The van der Waals surface area contributed by atoms with Crippen molar-refractivity contribution in [2.24, 2.45) is 0 Å². The number of rotatable bonds is 3. The molecule has 1 fully saturated rings. The van der Waals surface area contributed by atoms with Gasteiger partial charge in [0, 0.05) is 5.69 Å². The minimum absolute atomic E-state index is 0.0843. The first-order valence-electron chi connectivity index (χ1n) is 6.60. The zero-order chi connectivity index (χ0) is 17.3. The standard InChI is InChI=1S/C14H13F3N4O2/c1-13(5-10(7-22)20-21-13)12(23)19-9-3-2-8(6-18)11(4-9)14(15,16)17/h2-4,7,10,20-21H,5H2,1H3,(H,19,23). The van der Waals surface area contributed by atoms with E-state index in [1.807, 2.05) is 0 Å². The largest absolute Gasteiger partial charge is 0.417 e. The topological polar surface area (TPSA) is 94.0 Å². The summed E-state index contributed by atoms with van der Waals surface area (Å²) in [5.41, 5.74) is 2.40. The molecule has 1 aromatic carbocycles. The molecule has 3 N–H and O–H groups in total. The molecule has 2 atom stereocenters. The number of hydrogen-bond donors (Lipinski definition) is 3. The van der Waals surface area contributed by atoms with Gasteiger partial charge in [-0.1, -0.05) is 0 Å². The molecule has 0 aliphatic carbocycles. The Morgan fingerprint density at radius 2 is 2.22 bits per heavy atom. The van der Waals surface area contributed by atoms with E-state index in [-0.39, 0.29) is 12.1 Å². The van der Waals surface area contributed by atoms with Gasteiger partial charge in [-0.2, -0.15) is 18.4 Å². The van der Waals surface area contributed by atoms with E-state index in [0.717, 1.165) is 6.07 Å². The summed E-state index contributed by atoms with van der Waals surface area (Å²) in [4.78, 5) is 22.9. The highest BCUT2D eigenvalue weighted by atomic mass is 19.4. The van der Waals surface area contributed by atoms with Crippen LogP contribution in [0.2, 0.25) is 0 Å². The van der Waals surface area contributed by atoms with Crippen molar-refractivity contribution in [3.05, 3.63) is 29.3 Å². The van der Waals surface area contributed by atoms with Gasteiger partial charge in [0.1, 0.15) is 11.8 Å². The smallest absolute Gasteiger partial charge is 0.324 e. The van der Waals surface area contributed by atoms with Crippen LogP contribution in [-0.4, -0.2) is 23.8 Å². The van der Waals surface area contributed by atoms with E-state index in [2.05, 4.69) is 16.2 Å². The number of nitrogens with one attached hydrogen (secondary N) is 3. The summed E-state index contributed by atoms with van der Waals surface area (Å²) in [7, 11) is 0. The van der Waals surface area contributed by atoms with Crippen molar-refractivity contribution in [3.63, 3.8) is 0 Å². The number of halogens is 3. The summed E-state index contributed by atoms with van der Waals surface area (Å²) in [5.74, 6) is -0.591. The normalized spacial score (nSPS) is 24.0. The van der Waals surface area contributed by atoms with Crippen LogP contribution in [0.1, 0.15) is 24.5 Å². The first-order chi connectivity index (χ1) is 10.7. The summed E-state index contributed by atoms with van der Waals surface area (Å²) in [5, 5.41) is 11.1. The molecule has 2 unspecified atom stereocenters. The zero-order valence-corrected chi connectivity index (χ0v) is 12.0. The van der Waals surface area contributed by atoms with Gasteiger partial charge in [0.15, 0.2) is 0 Å². The van der Waals surface area contributed by atoms with Crippen LogP contribution in [0.25, 0.3) is 0 Å². The summed E-state index contributed by atoms with van der Waals surface area (Å²) in [6.45, 7) is 1.52. The molecule has 1 saturated heterocycles. The highest BCUT2D eigenvalue weighted by molar-refractivity contribution is 5.98. The predicted molar refractivity (Wildman–Crippen MR) is 73.9 cm³/mol. The lowest BCUT2D eigenvalue weighted by Crippen LogP contribution is -2.50. The number of amides is 1. The van der Waals surface area contributed by atoms with E-state index in [0.29, 0.717) is 12.4 Å². The Morgan fingerprint density at radius 1 is 1.52 bits per heavy atom. The van der Waals surface area contributed by atoms with Crippen LogP contribution in [0.4, 0.5) is 18.9 Å². The summed E-state index contributed by atoms with van der Waals surface area (Å²) in [6, 6.07) is 3.83. The summed E-state index contributed by atoms with van der Waals surface area (Å²) in [6.07, 6.45) is -3.91. The zero-order valence-electron chi connectivity index (χ0n) is 12.0. The minimum atomic E-state index is -4.70. The van der Waals surface area contributed by atoms with Crippen molar-refractivity contribution in [1.29, 1.82) is 5.26 Å². The van der Waals surface area contributed by atoms with Gasteiger partial charge in [0.25, 0.3) is 0 Å². The van der Waals surface area contributed by atoms with Crippen molar-refractivity contribution in [2.75, 3.05) is 5.32 Å². The first-order valence-corrected chi connectivity index (χ1v) is 6.60. The van der Waals surface area contributed by atoms with E-state index in [9.17, 15) is 22.8 Å². The van der Waals surface area contributed by atoms with Gasteiger partial charge in [-0.25, -0.2) is 10.9 Å². The Morgan fingerprint density at radius 3 is 2.74 bits per heavy atom. The van der Waals surface area contributed by atoms with E-state index < -0.39 is 34.8 Å². The molecule has 6 nitrogen and oxygen atoms in total. The molecule has 1 aromatic rings. The Labute approximate surface area is 129 Å². The van der Waals surface area contributed by atoms with Gasteiger partial charge >= 0.3 is 6.18 Å². The second-order valence-corrected chi connectivity index (χ2v) is 5.37. The van der Waals surface area contributed by atoms with Gasteiger partial charge in [0.05, 0.1) is 23.2 Å². The molecule has 23 heavy (non-hydrogen) atoms. The SMILES string of the molecule is CC1(C(=O)Nc2ccc(C#N)c(C(F)(F)F)c2)CC(C=O)NN1. The van der Waals surface area contributed by atoms with Crippen LogP contribution in [0.5, 0.6) is 0 Å². The van der Waals surface area contributed by atoms with Crippen molar-refractivity contribution in [1.82, 2.24) is 10.9 Å². The van der Waals surface area contributed by atoms with Gasteiger partial charge in [-0.15, -0.1) is 0 Å². The molecule has 0 bridgehead atoms. The van der Waals surface area contributed by atoms with Crippen LogP contribution in [0.3, 0.4) is 0 Å². The number of anilines is 1. The van der Waals surface area contributed by atoms with Crippen LogP contribution < -0.4 is 16.2 Å². The van der Waals surface area contributed by atoms with Crippen LogP contribution in [0, 0.1) is 11.3 Å². The number of hydrazine groups is 1. The molecule has 1 aliphatic heterocycles. The van der Waals surface area contributed by atoms with Crippen molar-refractivity contribution in [3.8, 4) is 6.07 Å². The molecular formula is C14H13F3N4O2. The first kappa shape index (κ1) is 16.9. The number of aldehydes is 1. The lowest BCUT2D eigenvalue weighted by molar-refractivity contribution is -0.137. The maximum atomic E-state index is 12.9. The van der Waals surface area contributed by atoms with Crippen molar-refractivity contribution < 1.29 is 22.8 Å². The second-order valence-electron chi connectivity index (χ2n) is 5.37. The van der Waals surface area contributed by atoms with Gasteiger partial charge in [-0.3, -0.25) is 4.79 Å². The van der Waals surface area contributed by atoms with Crippen molar-refractivity contribution >= 4 is 17.9 Å². The molecular weight excluding hydrogens is 313 g/mol. The fourth-order valence-corrected chi connectivity index (χ4v) is 2.25. The molecule has 0 aromatic heterocycles. The molecule has 9 heteroatoms. The average Bonchev–Trinajstić information content (AvgIpc) is 2.89. The molecule has 122 valence electrons. The highest BCUT2D eigenvalue weighted by Gasteiger charge is 2.41. The fraction of sp³-hybridized carbons (Fsp3) is 0.357. The molecule has 1 heterocycles. The fourth-order valence-electron chi connectivity index (χ4n) is 2.25. The molecule has 0 radical (unpaired) electrons. The number of hydrogen-bond acceptors (Lipinski definition) is 5. The number of nitrogens with zero attached hydrogens (tertiary/aromatic N) is 1. The number of benzene rings is 1. The molecule has 0 spiro atoms. The maximum absolute atomic E-state index is 12.9. The quantitative estimate of drug-likeness (QED) is 0.729. The summed E-state index contributed by atoms with van der Waals surface area (Å²) >= 11 is 0. The van der Waals surface area contributed by atoms with Gasteiger partial charge in [0.2, 0.25) is 5.91 Å². The third-order valence-electron chi connectivity index (χ3n) is 3.53. The van der Waals surface area contributed by atoms with Gasteiger partial charge in [-0.05, 0) is 31.5 Å². The second kappa shape index (κ2) is 5.98. The van der Waals surface area contributed by atoms with Crippen LogP contribution in [-0.2, 0) is 15.8 Å². The molecule has 0 saturated carbocycles. The number of carbonyl (C=O) groups excluding carboxylic acids is 2. The Bertz CT molecular complexity index is 684. The van der Waals surface area contributed by atoms with E-state index in [1.165, 1.54) is 19.1 Å². The number of nitriles is 1. The lowest BCUT2D eigenvalue weighted by Gasteiger charge is -2.22. The number of carbonyl (C=O) groups is 2. The maximum Gasteiger partial charge on any atom is 0.417 e. The third-order valence-corrected chi connectivity index (χ3v) is 3.53. The highest BCUT2D eigenvalue weighted by Crippen LogP contribution is 2.33. The van der Waals surface area contributed by atoms with E-state index >= 15 is 0 Å². The Hall–Kier alpha value is -2.44. The van der Waals surface area contributed by atoms with E-state index in [1.54, 1.807) is 0 Å². The third kappa shape index (κ3) is 3.49. The Kier molecular flexibility index (Phi) is 4.40. The van der Waals surface area contributed by atoms with Crippen LogP contribution >= 0.6 is 0 Å². The molecule has 2 rings (SSSR count). The molecule has 1 aliphatic rings. The Balaban J connectivity index is 2.23. The average molecular weight is 326 g/mol. The van der Waals surface area contributed by atoms with Crippen molar-refractivity contribution in [2.45, 2.75) is 31.1 Å².